The Bertz CT molecular complexity index is 928. The van der Waals surface area contributed by atoms with Crippen LogP contribution in [-0.2, 0) is 0 Å². The van der Waals surface area contributed by atoms with Gasteiger partial charge in [-0.05, 0) is 16.5 Å². The molecule has 0 amide bonds. The van der Waals surface area contributed by atoms with E-state index in [1.54, 1.807) is 4.57 Å². The summed E-state index contributed by atoms with van der Waals surface area (Å²) in [7, 11) is 0. The van der Waals surface area contributed by atoms with Crippen LogP contribution < -0.4 is 4.57 Å². The van der Waals surface area contributed by atoms with E-state index in [1.807, 2.05) is 49.4 Å². The van der Waals surface area contributed by atoms with E-state index in [0.717, 1.165) is 33.9 Å². The summed E-state index contributed by atoms with van der Waals surface area (Å²) in [6.07, 6.45) is 0. The van der Waals surface area contributed by atoms with E-state index in [-0.39, 0.29) is 0 Å². The lowest BCUT2D eigenvalue weighted by molar-refractivity contribution is -0.709. The SMILES string of the molecule is Cc1cc2nc(-c3ccccc3)cc(-c3ccccc3)[n+]2o1. The van der Waals surface area contributed by atoms with Crippen molar-refractivity contribution in [3.63, 3.8) is 0 Å². The van der Waals surface area contributed by atoms with Crippen LogP contribution in [0.1, 0.15) is 5.76 Å². The monoisotopic (exact) mass is 287 g/mol. The van der Waals surface area contributed by atoms with E-state index < -0.39 is 0 Å². The van der Waals surface area contributed by atoms with Gasteiger partial charge in [0.05, 0.1) is 6.07 Å². The lowest BCUT2D eigenvalue weighted by Crippen LogP contribution is -2.23. The van der Waals surface area contributed by atoms with Crippen LogP contribution in [0.3, 0.4) is 0 Å². The maximum atomic E-state index is 5.80. The number of benzene rings is 2. The van der Waals surface area contributed by atoms with Gasteiger partial charge in [-0.25, -0.2) is 0 Å². The highest BCUT2D eigenvalue weighted by molar-refractivity contribution is 5.67. The molecule has 22 heavy (non-hydrogen) atoms. The van der Waals surface area contributed by atoms with Gasteiger partial charge >= 0.3 is 5.65 Å². The quantitative estimate of drug-likeness (QED) is 0.520. The number of nitrogens with zero attached hydrogens (tertiary/aromatic N) is 2. The Hall–Kier alpha value is -2.94. The number of aromatic nitrogens is 2. The van der Waals surface area contributed by atoms with Crippen molar-refractivity contribution < 1.29 is 9.10 Å². The summed E-state index contributed by atoms with van der Waals surface area (Å²) in [6, 6.07) is 24.5. The second-order valence-electron chi connectivity index (χ2n) is 5.26. The molecule has 106 valence electrons. The third-order valence-electron chi connectivity index (χ3n) is 3.64. The van der Waals surface area contributed by atoms with Gasteiger partial charge in [0.2, 0.25) is 0 Å². The summed E-state index contributed by atoms with van der Waals surface area (Å²) in [6.45, 7) is 1.94. The van der Waals surface area contributed by atoms with Crippen LogP contribution in [0.5, 0.6) is 0 Å². The Balaban J connectivity index is 2.02. The molecular weight excluding hydrogens is 272 g/mol. The van der Waals surface area contributed by atoms with Crippen LogP contribution in [-0.4, -0.2) is 4.98 Å². The van der Waals surface area contributed by atoms with Gasteiger partial charge < -0.3 is 4.52 Å². The minimum atomic E-state index is 0.817. The molecule has 0 spiro atoms. The molecule has 0 aliphatic carbocycles. The van der Waals surface area contributed by atoms with Gasteiger partial charge in [0.15, 0.2) is 17.1 Å². The lowest BCUT2D eigenvalue weighted by atomic mass is 10.1. The van der Waals surface area contributed by atoms with Crippen LogP contribution in [0.15, 0.2) is 77.3 Å². The highest BCUT2D eigenvalue weighted by Gasteiger charge is 2.20. The Morgan fingerprint density at radius 1 is 0.818 bits per heavy atom. The summed E-state index contributed by atoms with van der Waals surface area (Å²) in [4.78, 5) is 4.72. The number of aryl methyl sites for hydroxylation is 1. The number of hydrogen-bond acceptors (Lipinski definition) is 2. The van der Waals surface area contributed by atoms with Crippen molar-refractivity contribution in [1.82, 2.24) is 4.98 Å². The van der Waals surface area contributed by atoms with Gasteiger partial charge in [-0.2, -0.15) is 0 Å². The van der Waals surface area contributed by atoms with Crippen molar-refractivity contribution >= 4 is 5.65 Å². The predicted octanol–water partition coefficient (Wildman–Crippen LogP) is 4.06. The summed E-state index contributed by atoms with van der Waals surface area (Å²) in [5.41, 5.74) is 4.96. The smallest absolute Gasteiger partial charge is 0.300 e. The predicted molar refractivity (Wildman–Crippen MR) is 85.3 cm³/mol. The highest BCUT2D eigenvalue weighted by atomic mass is 16.5. The van der Waals surface area contributed by atoms with Crippen molar-refractivity contribution in [2.45, 2.75) is 6.92 Å². The van der Waals surface area contributed by atoms with Crippen LogP contribution >= 0.6 is 0 Å². The van der Waals surface area contributed by atoms with Crippen LogP contribution in [0.2, 0.25) is 0 Å². The normalized spacial score (nSPS) is 11.0. The van der Waals surface area contributed by atoms with Gasteiger partial charge in [-0.15, -0.1) is 0 Å². The minimum Gasteiger partial charge on any atom is -0.300 e. The third-order valence-corrected chi connectivity index (χ3v) is 3.64. The summed E-state index contributed by atoms with van der Waals surface area (Å²) in [5, 5.41) is 0. The van der Waals surface area contributed by atoms with E-state index >= 15 is 0 Å². The molecule has 2 aromatic carbocycles. The zero-order valence-corrected chi connectivity index (χ0v) is 12.2. The molecular formula is C19H15N2O+. The maximum absolute atomic E-state index is 5.80. The summed E-state index contributed by atoms with van der Waals surface area (Å²) in [5.74, 6) is 0.842. The lowest BCUT2D eigenvalue weighted by Gasteiger charge is -2.00. The number of hydrogen-bond donors (Lipinski definition) is 0. The molecule has 4 rings (SSSR count). The minimum absolute atomic E-state index is 0.817. The molecule has 0 saturated carbocycles. The summed E-state index contributed by atoms with van der Waals surface area (Å²) >= 11 is 0. The average Bonchev–Trinajstić information content (AvgIpc) is 2.95. The topological polar surface area (TPSA) is 30.1 Å². The van der Waals surface area contributed by atoms with Gasteiger partial charge in [0.25, 0.3) is 0 Å². The molecule has 0 bridgehead atoms. The van der Waals surface area contributed by atoms with Crippen molar-refractivity contribution in [3.05, 3.63) is 78.6 Å². The number of rotatable bonds is 2. The Morgan fingerprint density at radius 2 is 1.45 bits per heavy atom. The summed E-state index contributed by atoms with van der Waals surface area (Å²) < 4.78 is 7.59. The molecule has 2 aromatic heterocycles. The number of fused-ring (bicyclic) bond motifs is 1. The van der Waals surface area contributed by atoms with Crippen LogP contribution in [0.4, 0.5) is 0 Å². The first kappa shape index (κ1) is 12.8. The van der Waals surface area contributed by atoms with E-state index in [0.29, 0.717) is 0 Å². The maximum Gasteiger partial charge on any atom is 0.366 e. The van der Waals surface area contributed by atoms with Crippen molar-refractivity contribution in [1.29, 1.82) is 0 Å². The second kappa shape index (κ2) is 5.11. The first-order valence-corrected chi connectivity index (χ1v) is 7.26. The first-order valence-electron chi connectivity index (χ1n) is 7.26. The molecule has 0 fully saturated rings. The van der Waals surface area contributed by atoms with Gasteiger partial charge in [0.1, 0.15) is 0 Å². The molecule has 3 heteroatoms. The fourth-order valence-electron chi connectivity index (χ4n) is 2.62. The van der Waals surface area contributed by atoms with E-state index in [4.69, 9.17) is 9.51 Å². The molecule has 0 aliphatic heterocycles. The van der Waals surface area contributed by atoms with Crippen LogP contribution in [0.25, 0.3) is 28.2 Å². The van der Waals surface area contributed by atoms with Crippen molar-refractivity contribution in [2.24, 2.45) is 0 Å². The van der Waals surface area contributed by atoms with Gasteiger partial charge in [-0.3, -0.25) is 0 Å². The molecule has 0 N–H and O–H groups in total. The highest BCUT2D eigenvalue weighted by Crippen LogP contribution is 2.23. The Labute approximate surface area is 128 Å². The standard InChI is InChI=1S/C19H15N2O/c1-14-12-19-20-17(15-8-4-2-5-9-15)13-18(21(19)22-14)16-10-6-3-7-11-16/h2-13H,1H3/q+1. The fraction of sp³-hybridized carbons (Fsp3) is 0.0526. The molecule has 0 aliphatic rings. The second-order valence-corrected chi connectivity index (χ2v) is 5.26. The molecule has 0 saturated heterocycles. The van der Waals surface area contributed by atoms with E-state index in [9.17, 15) is 0 Å². The van der Waals surface area contributed by atoms with Gasteiger partial charge in [0, 0.05) is 17.2 Å². The van der Waals surface area contributed by atoms with Crippen LogP contribution in [0, 0.1) is 6.92 Å². The Kier molecular flexibility index (Phi) is 2.97. The van der Waals surface area contributed by atoms with Crippen molar-refractivity contribution in [3.8, 4) is 22.5 Å². The largest absolute Gasteiger partial charge is 0.366 e. The molecule has 0 radical (unpaired) electrons. The average molecular weight is 287 g/mol. The van der Waals surface area contributed by atoms with Crippen molar-refractivity contribution in [2.75, 3.05) is 0 Å². The van der Waals surface area contributed by atoms with E-state index in [1.165, 1.54) is 0 Å². The molecule has 0 unspecified atom stereocenters. The third kappa shape index (κ3) is 2.17. The Morgan fingerprint density at radius 3 is 2.14 bits per heavy atom. The zero-order valence-electron chi connectivity index (χ0n) is 12.2. The molecule has 4 aromatic rings. The molecule has 3 nitrogen and oxygen atoms in total. The fourth-order valence-corrected chi connectivity index (χ4v) is 2.62. The first-order chi connectivity index (χ1) is 10.8. The molecule has 2 heterocycles. The zero-order chi connectivity index (χ0) is 14.9. The van der Waals surface area contributed by atoms with Gasteiger partial charge in [-0.1, -0.05) is 60.7 Å². The van der Waals surface area contributed by atoms with E-state index in [2.05, 4.69) is 30.3 Å². The molecule has 0 atom stereocenters.